The molecule has 3 heterocycles. The second-order valence-electron chi connectivity index (χ2n) is 7.88. The Kier molecular flexibility index (Phi) is 4.63. The van der Waals surface area contributed by atoms with Gasteiger partial charge in [0.15, 0.2) is 0 Å². The molecule has 1 saturated carbocycles. The molecule has 6 heteroatoms. The highest BCUT2D eigenvalue weighted by atomic mass is 16.2. The van der Waals surface area contributed by atoms with E-state index in [2.05, 4.69) is 14.9 Å². The molecule has 0 N–H and O–H groups in total. The van der Waals surface area contributed by atoms with E-state index in [1.165, 1.54) is 36.8 Å². The molecule has 2 aliphatic heterocycles. The summed E-state index contributed by atoms with van der Waals surface area (Å²) in [6.45, 7) is 2.89. The molecule has 6 nitrogen and oxygen atoms in total. The lowest BCUT2D eigenvalue weighted by molar-refractivity contribution is -0.139. The second-order valence-corrected chi connectivity index (χ2v) is 7.88. The monoisotopic (exact) mass is 344 g/mol. The van der Waals surface area contributed by atoms with Gasteiger partial charge in [-0.05, 0) is 37.2 Å². The van der Waals surface area contributed by atoms with Crippen LogP contribution in [0.1, 0.15) is 49.8 Å². The number of hydrogen-bond acceptors (Lipinski definition) is 4. The Morgan fingerprint density at radius 1 is 1.20 bits per heavy atom. The molecule has 1 saturated heterocycles. The van der Waals surface area contributed by atoms with Crippen molar-refractivity contribution < 1.29 is 4.79 Å². The van der Waals surface area contributed by atoms with E-state index in [1.54, 1.807) is 13.1 Å². The molecule has 0 radical (unpaired) electrons. The topological polar surface area (TPSA) is 58.4 Å². The van der Waals surface area contributed by atoms with Gasteiger partial charge in [-0.15, -0.1) is 0 Å². The van der Waals surface area contributed by atoms with Crippen LogP contribution in [0.3, 0.4) is 0 Å². The van der Waals surface area contributed by atoms with Crippen molar-refractivity contribution in [2.45, 2.75) is 57.5 Å². The number of carbonyl (C=O) groups excluding carboxylic acids is 1. The number of aromatic nitrogens is 2. The summed E-state index contributed by atoms with van der Waals surface area (Å²) in [5, 5.41) is 4.35. The van der Waals surface area contributed by atoms with E-state index in [-0.39, 0.29) is 11.5 Å². The smallest absolute Gasteiger partial charge is 0.266 e. The standard InChI is InChI=1S/C19H28N4O2/c1-21-18(24)11-15-12-22(10-8-16(15)20-21)13-19(25)23-9-4-6-14-5-2-3-7-17(14)23/h11,14,17H,2-10,12-13H2,1H3. The molecule has 25 heavy (non-hydrogen) atoms. The summed E-state index contributed by atoms with van der Waals surface area (Å²) in [7, 11) is 1.69. The predicted octanol–water partition coefficient (Wildman–Crippen LogP) is 1.32. The van der Waals surface area contributed by atoms with Crippen LogP contribution in [0, 0.1) is 5.92 Å². The SMILES string of the molecule is Cn1nc2c(cc1=O)CN(CC(=O)N1CCCC3CCCCC31)CC2. The van der Waals surface area contributed by atoms with Gasteiger partial charge < -0.3 is 4.90 Å². The van der Waals surface area contributed by atoms with Gasteiger partial charge in [0, 0.05) is 45.2 Å². The second kappa shape index (κ2) is 6.90. The number of likely N-dealkylation sites (tertiary alicyclic amines) is 1. The van der Waals surface area contributed by atoms with Gasteiger partial charge in [0.2, 0.25) is 5.91 Å². The average molecular weight is 344 g/mol. The lowest BCUT2D eigenvalue weighted by Gasteiger charge is -2.44. The lowest BCUT2D eigenvalue weighted by atomic mass is 9.78. The Balaban J connectivity index is 1.42. The number of amides is 1. The first kappa shape index (κ1) is 16.8. The summed E-state index contributed by atoms with van der Waals surface area (Å²) >= 11 is 0. The van der Waals surface area contributed by atoms with Crippen molar-refractivity contribution in [3.05, 3.63) is 27.7 Å². The van der Waals surface area contributed by atoms with E-state index in [9.17, 15) is 9.59 Å². The summed E-state index contributed by atoms with van der Waals surface area (Å²) in [6.07, 6.45) is 8.31. The van der Waals surface area contributed by atoms with Crippen molar-refractivity contribution in [1.82, 2.24) is 19.6 Å². The highest BCUT2D eigenvalue weighted by Gasteiger charge is 2.36. The molecule has 0 aromatic carbocycles. The zero-order valence-corrected chi connectivity index (χ0v) is 15.1. The molecule has 2 unspecified atom stereocenters. The minimum absolute atomic E-state index is 0.0759. The third-order valence-corrected chi connectivity index (χ3v) is 6.24. The van der Waals surface area contributed by atoms with Crippen LogP contribution in [0.5, 0.6) is 0 Å². The van der Waals surface area contributed by atoms with Crippen LogP contribution in [-0.2, 0) is 24.8 Å². The van der Waals surface area contributed by atoms with Crippen molar-refractivity contribution >= 4 is 5.91 Å². The molecular weight excluding hydrogens is 316 g/mol. The molecule has 136 valence electrons. The van der Waals surface area contributed by atoms with Crippen LogP contribution in [0.25, 0.3) is 0 Å². The minimum atomic E-state index is -0.0759. The number of carbonyl (C=O) groups is 1. The molecule has 1 aromatic rings. The summed E-state index contributed by atoms with van der Waals surface area (Å²) in [5.41, 5.74) is 1.90. The van der Waals surface area contributed by atoms with Crippen molar-refractivity contribution in [3.8, 4) is 0 Å². The van der Waals surface area contributed by atoms with Crippen LogP contribution in [0.4, 0.5) is 0 Å². The number of hydrogen-bond donors (Lipinski definition) is 0. The maximum Gasteiger partial charge on any atom is 0.266 e. The molecule has 1 amide bonds. The first-order valence-electron chi connectivity index (χ1n) is 9.70. The zero-order chi connectivity index (χ0) is 17.4. The van der Waals surface area contributed by atoms with Crippen LogP contribution >= 0.6 is 0 Å². The third kappa shape index (κ3) is 3.36. The van der Waals surface area contributed by atoms with E-state index in [1.807, 2.05) is 0 Å². The molecular formula is C19H28N4O2. The average Bonchev–Trinajstić information content (AvgIpc) is 2.62. The largest absolute Gasteiger partial charge is 0.338 e. The lowest BCUT2D eigenvalue weighted by Crippen LogP contribution is -2.52. The molecule has 0 bridgehead atoms. The molecule has 4 rings (SSSR count). The maximum atomic E-state index is 13.0. The number of aryl methyl sites for hydroxylation is 1. The fourth-order valence-corrected chi connectivity index (χ4v) is 4.90. The van der Waals surface area contributed by atoms with Gasteiger partial charge in [-0.3, -0.25) is 14.5 Å². The molecule has 2 fully saturated rings. The Morgan fingerprint density at radius 2 is 2.00 bits per heavy atom. The van der Waals surface area contributed by atoms with Gasteiger partial charge in [0.1, 0.15) is 0 Å². The van der Waals surface area contributed by atoms with Crippen LogP contribution < -0.4 is 5.56 Å². The highest BCUT2D eigenvalue weighted by Crippen LogP contribution is 2.35. The van der Waals surface area contributed by atoms with Gasteiger partial charge in [-0.25, -0.2) is 4.68 Å². The van der Waals surface area contributed by atoms with E-state index in [4.69, 9.17) is 0 Å². The Bertz CT molecular complexity index is 712. The van der Waals surface area contributed by atoms with E-state index >= 15 is 0 Å². The summed E-state index contributed by atoms with van der Waals surface area (Å²) in [5.74, 6) is 0.998. The molecule has 0 spiro atoms. The van der Waals surface area contributed by atoms with Crippen molar-refractivity contribution in [1.29, 1.82) is 0 Å². The fraction of sp³-hybridized carbons (Fsp3) is 0.737. The zero-order valence-electron chi connectivity index (χ0n) is 15.1. The molecule has 2 atom stereocenters. The van der Waals surface area contributed by atoms with Gasteiger partial charge in [-0.2, -0.15) is 5.10 Å². The Morgan fingerprint density at radius 3 is 2.88 bits per heavy atom. The van der Waals surface area contributed by atoms with Crippen molar-refractivity contribution in [2.75, 3.05) is 19.6 Å². The van der Waals surface area contributed by atoms with Crippen LogP contribution in [0.2, 0.25) is 0 Å². The number of fused-ring (bicyclic) bond motifs is 2. The fourth-order valence-electron chi connectivity index (χ4n) is 4.90. The van der Waals surface area contributed by atoms with E-state index in [0.717, 1.165) is 43.1 Å². The maximum absolute atomic E-state index is 13.0. The van der Waals surface area contributed by atoms with E-state index < -0.39 is 0 Å². The summed E-state index contributed by atoms with van der Waals surface area (Å²) < 4.78 is 1.40. The number of piperidine rings is 1. The molecule has 1 aromatic heterocycles. The molecule has 1 aliphatic carbocycles. The normalized spacial score (nSPS) is 26.8. The van der Waals surface area contributed by atoms with Gasteiger partial charge in [0.25, 0.3) is 5.56 Å². The Hall–Kier alpha value is -1.69. The van der Waals surface area contributed by atoms with E-state index in [0.29, 0.717) is 19.1 Å². The van der Waals surface area contributed by atoms with Crippen molar-refractivity contribution in [3.63, 3.8) is 0 Å². The predicted molar refractivity (Wildman–Crippen MR) is 95.2 cm³/mol. The minimum Gasteiger partial charge on any atom is -0.338 e. The van der Waals surface area contributed by atoms with Gasteiger partial charge in [-0.1, -0.05) is 12.8 Å². The molecule has 3 aliphatic rings. The first-order valence-corrected chi connectivity index (χ1v) is 9.70. The number of nitrogens with zero attached hydrogens (tertiary/aromatic N) is 4. The summed E-state index contributed by atoms with van der Waals surface area (Å²) in [4.78, 5) is 29.1. The third-order valence-electron chi connectivity index (χ3n) is 6.24. The first-order chi connectivity index (χ1) is 12.1. The Labute approximate surface area is 148 Å². The quantitative estimate of drug-likeness (QED) is 0.812. The van der Waals surface area contributed by atoms with Crippen molar-refractivity contribution in [2.24, 2.45) is 13.0 Å². The summed E-state index contributed by atoms with van der Waals surface area (Å²) in [6, 6.07) is 2.15. The van der Waals surface area contributed by atoms with Crippen LogP contribution in [0.15, 0.2) is 10.9 Å². The number of rotatable bonds is 2. The van der Waals surface area contributed by atoms with Gasteiger partial charge in [0.05, 0.1) is 12.2 Å². The highest BCUT2D eigenvalue weighted by molar-refractivity contribution is 5.78. The van der Waals surface area contributed by atoms with Gasteiger partial charge >= 0.3 is 0 Å². The van der Waals surface area contributed by atoms with Crippen LogP contribution in [-0.4, -0.2) is 51.2 Å².